The van der Waals surface area contributed by atoms with Gasteiger partial charge >= 0.3 is 0 Å². The van der Waals surface area contributed by atoms with Crippen molar-refractivity contribution >= 4 is 60.1 Å². The summed E-state index contributed by atoms with van der Waals surface area (Å²) in [4.78, 5) is 15.2. The summed E-state index contributed by atoms with van der Waals surface area (Å²) in [6, 6.07) is 21.3. The maximum atomic E-state index is 13.4. The molecule has 6 rings (SSSR count). The van der Waals surface area contributed by atoms with Crippen molar-refractivity contribution in [3.8, 4) is 0 Å². The van der Waals surface area contributed by atoms with Crippen molar-refractivity contribution in [2.24, 2.45) is 0 Å². The van der Waals surface area contributed by atoms with Gasteiger partial charge in [0.05, 0.1) is 23.8 Å². The molecule has 1 saturated heterocycles. The molecule has 4 aromatic rings. The molecule has 194 valence electrons. The van der Waals surface area contributed by atoms with E-state index in [4.69, 9.17) is 4.74 Å². The van der Waals surface area contributed by atoms with Crippen LogP contribution in [0, 0.1) is 0 Å². The molecule has 2 aliphatic heterocycles. The normalized spacial score (nSPS) is 17.5. The number of morpholine rings is 1. The molecule has 0 N–H and O–H groups in total. The number of carbonyl (C=O) groups is 1. The Balaban J connectivity index is 1.46. The van der Waals surface area contributed by atoms with Gasteiger partial charge in [-0.3, -0.25) is 4.79 Å². The molecular weight excluding hydrogens is 566 g/mol. The minimum Gasteiger partial charge on any atom is -0.379 e. The van der Waals surface area contributed by atoms with Crippen molar-refractivity contribution in [1.82, 2.24) is 8.87 Å². The topological polar surface area (TPSA) is 71.9 Å². The first-order valence-corrected chi connectivity index (χ1v) is 14.6. The average Bonchev–Trinajstić information content (AvgIpc) is 3.38. The zero-order valence-corrected chi connectivity index (χ0v) is 23.2. The van der Waals surface area contributed by atoms with Crippen LogP contribution in [-0.4, -0.2) is 56.5 Å². The summed E-state index contributed by atoms with van der Waals surface area (Å²) in [7, 11) is -1.98. The summed E-state index contributed by atoms with van der Waals surface area (Å²) < 4.78 is 36.6. The Bertz CT molecular complexity index is 1690. The van der Waals surface area contributed by atoms with Crippen molar-refractivity contribution < 1.29 is 17.9 Å². The van der Waals surface area contributed by atoms with Crippen LogP contribution in [0.15, 0.2) is 82.3 Å². The fraction of sp³-hybridized carbons (Fsp3) is 0.207. The van der Waals surface area contributed by atoms with E-state index in [1.807, 2.05) is 36.4 Å². The Kier molecular flexibility index (Phi) is 6.47. The van der Waals surface area contributed by atoms with E-state index in [9.17, 15) is 13.2 Å². The van der Waals surface area contributed by atoms with Gasteiger partial charge in [-0.05, 0) is 48.0 Å². The zero-order valence-electron chi connectivity index (χ0n) is 20.8. The van der Waals surface area contributed by atoms with Gasteiger partial charge in [-0.15, -0.1) is 0 Å². The van der Waals surface area contributed by atoms with E-state index in [-0.39, 0.29) is 10.8 Å². The lowest BCUT2D eigenvalue weighted by atomic mass is 10.0. The fourth-order valence-electron chi connectivity index (χ4n) is 5.14. The predicted octanol–water partition coefficient (Wildman–Crippen LogP) is 4.99. The number of sulfonamides is 1. The Morgan fingerprint density at radius 3 is 2.53 bits per heavy atom. The Morgan fingerprint density at radius 1 is 1.00 bits per heavy atom. The number of nitrogens with zero attached hydrogens (tertiary/aromatic N) is 3. The molecular formula is C29H26BrN3O4S. The first-order chi connectivity index (χ1) is 18.3. The van der Waals surface area contributed by atoms with Crippen LogP contribution in [0.5, 0.6) is 0 Å². The van der Waals surface area contributed by atoms with Gasteiger partial charge in [-0.2, -0.15) is 4.31 Å². The third kappa shape index (κ3) is 4.39. The van der Waals surface area contributed by atoms with Crippen molar-refractivity contribution in [3.05, 3.63) is 94.1 Å². The maximum Gasteiger partial charge on any atom is 0.258 e. The second kappa shape index (κ2) is 9.81. The third-order valence-corrected chi connectivity index (χ3v) is 9.52. The van der Waals surface area contributed by atoms with Crippen molar-refractivity contribution in [3.63, 3.8) is 0 Å². The predicted molar refractivity (Wildman–Crippen MR) is 152 cm³/mol. The summed E-state index contributed by atoms with van der Waals surface area (Å²) in [5, 5.41) is 1.00. The molecule has 0 radical (unpaired) electrons. The third-order valence-electron chi connectivity index (χ3n) is 7.13. The van der Waals surface area contributed by atoms with Gasteiger partial charge in [-0.25, -0.2) is 8.42 Å². The van der Waals surface area contributed by atoms with E-state index < -0.39 is 10.0 Å². The van der Waals surface area contributed by atoms with Crippen molar-refractivity contribution in [1.29, 1.82) is 0 Å². The highest BCUT2D eigenvalue weighted by Crippen LogP contribution is 2.40. The van der Waals surface area contributed by atoms with Crippen LogP contribution in [0.2, 0.25) is 0 Å². The quantitative estimate of drug-likeness (QED) is 0.307. The summed E-state index contributed by atoms with van der Waals surface area (Å²) in [5.41, 5.74) is 4.89. The molecule has 3 aromatic carbocycles. The van der Waals surface area contributed by atoms with Gasteiger partial charge in [0.15, 0.2) is 0 Å². The van der Waals surface area contributed by atoms with E-state index >= 15 is 0 Å². The number of aromatic nitrogens is 1. The number of hydrogen-bond donors (Lipinski definition) is 0. The number of likely N-dealkylation sites (N-methyl/N-ethyl adjacent to an activating group) is 1. The maximum absolute atomic E-state index is 13.4. The van der Waals surface area contributed by atoms with Gasteiger partial charge in [0.25, 0.3) is 5.91 Å². The van der Waals surface area contributed by atoms with E-state index in [1.54, 1.807) is 30.1 Å². The molecule has 1 amide bonds. The van der Waals surface area contributed by atoms with Crippen LogP contribution in [0.3, 0.4) is 0 Å². The number of hydrogen-bond acceptors (Lipinski definition) is 4. The summed E-state index contributed by atoms with van der Waals surface area (Å²) in [6.07, 6.45) is 3.93. The average molecular weight is 593 g/mol. The fourth-order valence-corrected chi connectivity index (χ4v) is 6.94. The van der Waals surface area contributed by atoms with Crippen LogP contribution in [0.25, 0.3) is 22.6 Å². The highest BCUT2D eigenvalue weighted by atomic mass is 79.9. The SMILES string of the molecule is CN1C(=O)C(=Cc2cn(Cc3ccccc3)c3ccc(Br)cc23)c2cc(S(=O)(=O)N3CCOCC3)ccc21. The van der Waals surface area contributed by atoms with Gasteiger partial charge in [0.2, 0.25) is 10.0 Å². The first kappa shape index (κ1) is 25.1. The highest BCUT2D eigenvalue weighted by Gasteiger charge is 2.33. The molecule has 0 saturated carbocycles. The lowest BCUT2D eigenvalue weighted by Crippen LogP contribution is -2.40. The molecule has 0 bridgehead atoms. The smallest absolute Gasteiger partial charge is 0.258 e. The Labute approximate surface area is 230 Å². The van der Waals surface area contributed by atoms with E-state index in [2.05, 4.69) is 44.9 Å². The van der Waals surface area contributed by atoms with Gasteiger partial charge < -0.3 is 14.2 Å². The number of rotatable bonds is 5. The highest BCUT2D eigenvalue weighted by molar-refractivity contribution is 9.10. The number of anilines is 1. The molecule has 1 fully saturated rings. The van der Waals surface area contributed by atoms with Gasteiger partial charge in [0, 0.05) is 65.0 Å². The monoisotopic (exact) mass is 591 g/mol. The number of amides is 1. The minimum atomic E-state index is -3.70. The molecule has 0 spiro atoms. The largest absolute Gasteiger partial charge is 0.379 e. The van der Waals surface area contributed by atoms with Crippen molar-refractivity contribution in [2.45, 2.75) is 11.4 Å². The molecule has 1 aromatic heterocycles. The molecule has 3 heterocycles. The number of benzene rings is 3. The number of carbonyl (C=O) groups excluding carboxylic acids is 1. The number of fused-ring (bicyclic) bond motifs is 2. The summed E-state index contributed by atoms with van der Waals surface area (Å²) in [6.45, 7) is 2.07. The van der Waals surface area contributed by atoms with Crippen LogP contribution in [-0.2, 0) is 26.1 Å². The van der Waals surface area contributed by atoms with Crippen molar-refractivity contribution in [2.75, 3.05) is 38.3 Å². The summed E-state index contributed by atoms with van der Waals surface area (Å²) >= 11 is 3.59. The zero-order chi connectivity index (χ0) is 26.4. The van der Waals surface area contributed by atoms with Crippen LogP contribution in [0.1, 0.15) is 16.7 Å². The molecule has 38 heavy (non-hydrogen) atoms. The molecule has 7 nitrogen and oxygen atoms in total. The first-order valence-electron chi connectivity index (χ1n) is 12.4. The van der Waals surface area contributed by atoms with E-state index in [1.165, 1.54) is 9.87 Å². The summed E-state index contributed by atoms with van der Waals surface area (Å²) in [5.74, 6) is -0.167. The Morgan fingerprint density at radius 2 is 1.76 bits per heavy atom. The van der Waals surface area contributed by atoms with E-state index in [0.717, 1.165) is 20.9 Å². The molecule has 2 aliphatic rings. The second-order valence-electron chi connectivity index (χ2n) is 9.48. The van der Waals surface area contributed by atoms with Gasteiger partial charge in [0.1, 0.15) is 0 Å². The molecule has 0 unspecified atom stereocenters. The van der Waals surface area contributed by atoms with Crippen LogP contribution < -0.4 is 4.90 Å². The minimum absolute atomic E-state index is 0.167. The molecule has 0 atom stereocenters. The van der Waals surface area contributed by atoms with E-state index in [0.29, 0.717) is 49.7 Å². The standard InChI is InChI=1S/C29H26BrN3O4S/c1-31-27-10-8-23(38(35,36)33-11-13-37-14-12-33)17-25(27)26(29(31)34)15-21-19-32(18-20-5-3-2-4-6-20)28-9-7-22(30)16-24(21)28/h2-10,15-17,19H,11-14,18H2,1H3. The second-order valence-corrected chi connectivity index (χ2v) is 12.3. The van der Waals surface area contributed by atoms with Gasteiger partial charge in [-0.1, -0.05) is 46.3 Å². The number of ether oxygens (including phenoxy) is 1. The molecule has 0 aliphatic carbocycles. The van der Waals surface area contributed by atoms with Crippen LogP contribution in [0.4, 0.5) is 5.69 Å². The number of halogens is 1. The lowest BCUT2D eigenvalue weighted by molar-refractivity contribution is -0.112. The van der Waals surface area contributed by atoms with Crippen LogP contribution >= 0.6 is 15.9 Å². The Hall–Kier alpha value is -3.24. The lowest BCUT2D eigenvalue weighted by Gasteiger charge is -2.26. The molecule has 9 heteroatoms.